The number of esters is 1. The summed E-state index contributed by atoms with van der Waals surface area (Å²) in [6.45, 7) is 2.94. The minimum Gasteiger partial charge on any atom is -0.462 e. The Balaban J connectivity index is 1.59. The number of nitrogens with zero attached hydrogens (tertiary/aromatic N) is 3. The van der Waals surface area contributed by atoms with Crippen LogP contribution in [0, 0.1) is 0 Å². The summed E-state index contributed by atoms with van der Waals surface area (Å²) in [6.07, 6.45) is 2.24. The van der Waals surface area contributed by atoms with Gasteiger partial charge in [-0.1, -0.05) is 42.5 Å². The Hall–Kier alpha value is -3.19. The summed E-state index contributed by atoms with van der Waals surface area (Å²) in [5.41, 5.74) is 1.51. The second kappa shape index (κ2) is 9.34. The van der Waals surface area contributed by atoms with Crippen molar-refractivity contribution in [2.75, 3.05) is 32.1 Å². The van der Waals surface area contributed by atoms with Gasteiger partial charge in [-0.25, -0.2) is 4.79 Å². The van der Waals surface area contributed by atoms with Crippen LogP contribution in [-0.2, 0) is 23.0 Å². The molecule has 7 nitrogen and oxygen atoms in total. The van der Waals surface area contributed by atoms with Crippen molar-refractivity contribution in [3.05, 3.63) is 59.8 Å². The molecule has 0 aliphatic carbocycles. The van der Waals surface area contributed by atoms with Gasteiger partial charge in [0.15, 0.2) is 0 Å². The highest BCUT2D eigenvalue weighted by atomic mass is 16.5. The van der Waals surface area contributed by atoms with Crippen molar-refractivity contribution in [3.63, 3.8) is 0 Å². The van der Waals surface area contributed by atoms with E-state index in [2.05, 4.69) is 40.7 Å². The number of aromatic nitrogens is 2. The van der Waals surface area contributed by atoms with E-state index in [-0.39, 0.29) is 24.6 Å². The van der Waals surface area contributed by atoms with Gasteiger partial charge < -0.3 is 10.1 Å². The Kier molecular flexibility index (Phi) is 6.61. The second-order valence-corrected chi connectivity index (χ2v) is 6.93. The third-order valence-electron chi connectivity index (χ3n) is 4.75. The minimum absolute atomic E-state index is 0.207. The lowest BCUT2D eigenvalue weighted by molar-refractivity contribution is -0.117. The van der Waals surface area contributed by atoms with Gasteiger partial charge >= 0.3 is 5.97 Å². The summed E-state index contributed by atoms with van der Waals surface area (Å²) >= 11 is 0. The third-order valence-corrected chi connectivity index (χ3v) is 4.75. The molecule has 0 atom stereocenters. The maximum absolute atomic E-state index is 12.5. The number of nitrogens with one attached hydrogen (secondary N) is 1. The third kappa shape index (κ3) is 5.00. The predicted octanol–water partition coefficient (Wildman–Crippen LogP) is 2.86. The molecule has 0 spiro atoms. The van der Waals surface area contributed by atoms with Gasteiger partial charge in [-0.05, 0) is 36.7 Å². The summed E-state index contributed by atoms with van der Waals surface area (Å²) in [5, 5.41) is 9.27. The van der Waals surface area contributed by atoms with Crippen molar-refractivity contribution in [2.24, 2.45) is 7.05 Å². The zero-order valence-electron chi connectivity index (χ0n) is 17.0. The molecule has 1 amide bonds. The quantitative estimate of drug-likeness (QED) is 0.595. The number of ether oxygens (including phenoxy) is 1. The largest absolute Gasteiger partial charge is 0.462 e. The van der Waals surface area contributed by atoms with Crippen LogP contribution in [0.4, 0.5) is 5.82 Å². The standard InChI is InChI=1S/C22H26N4O3/c1-4-29-22(28)19-14-23-26(3)21(19)24-20(27)15-25(2)13-12-17-10-7-9-16-8-5-6-11-18(16)17/h5-11,14H,4,12-13,15H2,1-3H3,(H,24,27). The molecule has 3 aromatic rings. The average molecular weight is 394 g/mol. The molecule has 152 valence electrons. The molecule has 0 radical (unpaired) electrons. The Bertz CT molecular complexity index is 1010. The van der Waals surface area contributed by atoms with E-state index >= 15 is 0 Å². The lowest BCUT2D eigenvalue weighted by Crippen LogP contribution is -2.32. The van der Waals surface area contributed by atoms with Crippen LogP contribution in [0.25, 0.3) is 10.8 Å². The topological polar surface area (TPSA) is 76.5 Å². The van der Waals surface area contributed by atoms with Gasteiger partial charge in [0.05, 0.1) is 19.3 Å². The number of fused-ring (bicyclic) bond motifs is 1. The smallest absolute Gasteiger partial charge is 0.343 e. The lowest BCUT2D eigenvalue weighted by Gasteiger charge is -2.17. The Morgan fingerprint density at radius 1 is 1.17 bits per heavy atom. The van der Waals surface area contributed by atoms with E-state index in [0.29, 0.717) is 5.82 Å². The monoisotopic (exact) mass is 394 g/mol. The Morgan fingerprint density at radius 3 is 2.72 bits per heavy atom. The van der Waals surface area contributed by atoms with Crippen molar-refractivity contribution < 1.29 is 14.3 Å². The molecule has 29 heavy (non-hydrogen) atoms. The van der Waals surface area contributed by atoms with Crippen LogP contribution in [0.2, 0.25) is 0 Å². The van der Waals surface area contributed by atoms with Crippen LogP contribution in [-0.4, -0.2) is 53.3 Å². The second-order valence-electron chi connectivity index (χ2n) is 6.93. The van der Waals surface area contributed by atoms with Crippen LogP contribution >= 0.6 is 0 Å². The minimum atomic E-state index is -0.500. The van der Waals surface area contributed by atoms with Crippen LogP contribution in [0.3, 0.4) is 0 Å². The van der Waals surface area contributed by atoms with Crippen LogP contribution in [0.5, 0.6) is 0 Å². The Morgan fingerprint density at radius 2 is 1.93 bits per heavy atom. The van der Waals surface area contributed by atoms with Crippen molar-refractivity contribution in [2.45, 2.75) is 13.3 Å². The fourth-order valence-electron chi connectivity index (χ4n) is 3.26. The number of hydrogen-bond acceptors (Lipinski definition) is 5. The van der Waals surface area contributed by atoms with Gasteiger partial charge in [-0.15, -0.1) is 0 Å². The Labute approximate surface area is 170 Å². The molecule has 0 bridgehead atoms. The van der Waals surface area contributed by atoms with Crippen LogP contribution in [0.15, 0.2) is 48.7 Å². The van der Waals surface area contributed by atoms with E-state index in [0.717, 1.165) is 13.0 Å². The van der Waals surface area contributed by atoms with E-state index in [9.17, 15) is 9.59 Å². The number of anilines is 1. The number of amides is 1. The summed E-state index contributed by atoms with van der Waals surface area (Å²) in [6, 6.07) is 14.6. The van der Waals surface area contributed by atoms with Crippen LogP contribution < -0.4 is 5.32 Å². The van der Waals surface area contributed by atoms with Crippen molar-refractivity contribution >= 4 is 28.5 Å². The van der Waals surface area contributed by atoms with E-state index in [1.165, 1.54) is 27.2 Å². The maximum Gasteiger partial charge on any atom is 0.343 e. The first-order valence-electron chi connectivity index (χ1n) is 9.63. The maximum atomic E-state index is 12.5. The number of likely N-dealkylation sites (N-methyl/N-ethyl adjacent to an activating group) is 1. The van der Waals surface area contributed by atoms with E-state index in [1.54, 1.807) is 14.0 Å². The normalized spacial score (nSPS) is 11.0. The molecule has 0 aliphatic heterocycles. The highest BCUT2D eigenvalue weighted by Gasteiger charge is 2.19. The lowest BCUT2D eigenvalue weighted by atomic mass is 10.0. The molecule has 0 unspecified atom stereocenters. The molecular formula is C22H26N4O3. The zero-order chi connectivity index (χ0) is 20.8. The zero-order valence-corrected chi connectivity index (χ0v) is 17.0. The number of aryl methyl sites for hydroxylation is 1. The van der Waals surface area contributed by atoms with E-state index in [1.807, 2.05) is 24.1 Å². The first-order valence-corrected chi connectivity index (χ1v) is 9.63. The highest BCUT2D eigenvalue weighted by Crippen LogP contribution is 2.19. The van der Waals surface area contributed by atoms with Crippen LogP contribution in [0.1, 0.15) is 22.8 Å². The summed E-state index contributed by atoms with van der Waals surface area (Å²) in [4.78, 5) is 26.5. The average Bonchev–Trinajstić information content (AvgIpc) is 3.06. The predicted molar refractivity (Wildman–Crippen MR) is 113 cm³/mol. The number of rotatable bonds is 8. The summed E-state index contributed by atoms with van der Waals surface area (Å²) in [5.74, 6) is -0.365. The number of benzene rings is 2. The number of carbonyl (C=O) groups is 2. The first kappa shape index (κ1) is 20.5. The molecule has 0 aliphatic rings. The summed E-state index contributed by atoms with van der Waals surface area (Å²) in [7, 11) is 3.57. The van der Waals surface area contributed by atoms with Gasteiger partial charge in [-0.2, -0.15) is 5.10 Å². The number of carbonyl (C=O) groups excluding carboxylic acids is 2. The van der Waals surface area contributed by atoms with Gasteiger partial charge in [0.1, 0.15) is 11.4 Å². The molecule has 1 heterocycles. The molecule has 2 aromatic carbocycles. The molecule has 1 aromatic heterocycles. The van der Waals surface area contributed by atoms with Gasteiger partial charge in [-0.3, -0.25) is 14.4 Å². The van der Waals surface area contributed by atoms with Crippen molar-refractivity contribution in [1.82, 2.24) is 14.7 Å². The van der Waals surface area contributed by atoms with Crippen molar-refractivity contribution in [1.29, 1.82) is 0 Å². The molecule has 3 rings (SSSR count). The summed E-state index contributed by atoms with van der Waals surface area (Å²) < 4.78 is 6.47. The SMILES string of the molecule is CCOC(=O)c1cnn(C)c1NC(=O)CN(C)CCc1cccc2ccccc12. The molecule has 0 saturated carbocycles. The van der Waals surface area contributed by atoms with Crippen molar-refractivity contribution in [3.8, 4) is 0 Å². The van der Waals surface area contributed by atoms with E-state index in [4.69, 9.17) is 4.74 Å². The molecule has 1 N–H and O–H groups in total. The van der Waals surface area contributed by atoms with Gasteiger partial charge in [0.2, 0.25) is 5.91 Å². The molecule has 7 heteroatoms. The first-order chi connectivity index (χ1) is 14.0. The fraction of sp³-hybridized carbons (Fsp3) is 0.318. The van der Waals surface area contributed by atoms with E-state index < -0.39 is 5.97 Å². The fourth-order valence-corrected chi connectivity index (χ4v) is 3.26. The van der Waals surface area contributed by atoms with Gasteiger partial charge in [0.25, 0.3) is 0 Å². The number of hydrogen-bond donors (Lipinski definition) is 1. The molecule has 0 fully saturated rings. The molecule has 0 saturated heterocycles. The molecular weight excluding hydrogens is 368 g/mol. The highest BCUT2D eigenvalue weighted by molar-refractivity contribution is 6.00. The van der Waals surface area contributed by atoms with Gasteiger partial charge in [0, 0.05) is 13.6 Å².